The number of imidazole rings is 1. The average Bonchev–Trinajstić information content (AvgIpc) is 3.43. The second kappa shape index (κ2) is 8.96. The van der Waals surface area contributed by atoms with E-state index >= 15 is 0 Å². The van der Waals surface area contributed by atoms with Crippen molar-refractivity contribution in [1.29, 1.82) is 0 Å². The van der Waals surface area contributed by atoms with Crippen LogP contribution in [-0.2, 0) is 36.1 Å². The Balaban J connectivity index is 1.54. The number of ether oxygens (including phenoxy) is 2. The van der Waals surface area contributed by atoms with E-state index in [4.69, 9.17) is 25.3 Å². The van der Waals surface area contributed by atoms with Gasteiger partial charge in [0, 0.05) is 24.3 Å². The Morgan fingerprint density at radius 3 is 2.53 bits per heavy atom. The lowest BCUT2D eigenvalue weighted by atomic mass is 9.96. The summed E-state index contributed by atoms with van der Waals surface area (Å²) in [6.45, 7) is 3.65. The maximum Gasteiger partial charge on any atom is 0.297 e. The zero-order valence-corrected chi connectivity index (χ0v) is 19.5. The number of hydrogen-bond donors (Lipinski definition) is 0. The molecule has 1 saturated heterocycles. The molecule has 1 fully saturated rings. The zero-order chi connectivity index (χ0) is 22.8. The monoisotopic (exact) mass is 476 g/mol. The summed E-state index contributed by atoms with van der Waals surface area (Å²) in [7, 11) is -3.95. The maximum absolute atomic E-state index is 12.8. The van der Waals surface area contributed by atoms with Gasteiger partial charge in [-0.2, -0.15) is 8.42 Å². The molecule has 2 unspecified atom stereocenters. The second-order valence-electron chi connectivity index (χ2n) is 8.10. The van der Waals surface area contributed by atoms with Gasteiger partial charge in [0.25, 0.3) is 16.0 Å². The van der Waals surface area contributed by atoms with E-state index in [2.05, 4.69) is 4.98 Å². The normalized spacial score (nSPS) is 23.5. The number of aryl methyl sites for hydroxylation is 2. The van der Waals surface area contributed by atoms with Crippen molar-refractivity contribution in [2.75, 3.05) is 13.2 Å². The molecular formula is C23H25ClN2O5S. The number of benzene rings is 2. The van der Waals surface area contributed by atoms with E-state index in [-0.39, 0.29) is 18.1 Å². The van der Waals surface area contributed by atoms with Crippen LogP contribution in [0.25, 0.3) is 0 Å². The van der Waals surface area contributed by atoms with Crippen LogP contribution in [0.3, 0.4) is 0 Å². The lowest BCUT2D eigenvalue weighted by molar-refractivity contribution is -0.239. The van der Waals surface area contributed by atoms with E-state index < -0.39 is 21.6 Å². The third kappa shape index (κ3) is 5.05. The number of halogens is 1. The van der Waals surface area contributed by atoms with Crippen LogP contribution in [0.4, 0.5) is 0 Å². The van der Waals surface area contributed by atoms with Crippen molar-refractivity contribution in [2.45, 2.75) is 43.1 Å². The SMILES string of the molecule is Cc1ccc(S(=O)(=O)OCC2(CCc3ccc(Cl)cc3)COC(C)(n3ccnc3)O2)cc1. The third-order valence-electron chi connectivity index (χ3n) is 5.55. The van der Waals surface area contributed by atoms with E-state index in [1.165, 1.54) is 12.1 Å². The molecule has 3 aromatic rings. The molecule has 7 nitrogen and oxygen atoms in total. The predicted molar refractivity (Wildman–Crippen MR) is 120 cm³/mol. The van der Waals surface area contributed by atoms with Crippen LogP contribution in [0.5, 0.6) is 0 Å². The average molecular weight is 477 g/mol. The van der Waals surface area contributed by atoms with E-state index in [0.29, 0.717) is 17.9 Å². The number of rotatable bonds is 8. The highest BCUT2D eigenvalue weighted by atomic mass is 35.5. The van der Waals surface area contributed by atoms with Gasteiger partial charge in [-0.25, -0.2) is 4.98 Å². The lowest BCUT2D eigenvalue weighted by Crippen LogP contribution is -2.42. The number of nitrogens with zero attached hydrogens (tertiary/aromatic N) is 2. The van der Waals surface area contributed by atoms with Gasteiger partial charge in [-0.1, -0.05) is 41.4 Å². The molecule has 1 aromatic heterocycles. The fraction of sp³-hybridized carbons (Fsp3) is 0.348. The highest BCUT2D eigenvalue weighted by Gasteiger charge is 2.50. The first-order valence-corrected chi connectivity index (χ1v) is 12.0. The molecule has 0 spiro atoms. The van der Waals surface area contributed by atoms with Gasteiger partial charge in [0.05, 0.1) is 24.4 Å². The van der Waals surface area contributed by atoms with Gasteiger partial charge in [0.2, 0.25) is 0 Å². The first kappa shape index (κ1) is 22.9. The predicted octanol–water partition coefficient (Wildman–Crippen LogP) is 4.30. The Kier molecular flexibility index (Phi) is 6.42. The van der Waals surface area contributed by atoms with E-state index in [9.17, 15) is 8.42 Å². The highest BCUT2D eigenvalue weighted by molar-refractivity contribution is 7.86. The standard InChI is InChI=1S/C23H25ClN2O5S/c1-18-3-9-21(10-4-18)32(27,28)30-16-23(12-11-19-5-7-20(24)8-6-19)15-29-22(2,31-23)26-14-13-25-17-26/h3-10,13-14,17H,11-12,15-16H2,1-2H3. The minimum absolute atomic E-state index is 0.104. The Bertz CT molecular complexity index is 1150. The van der Waals surface area contributed by atoms with Crippen molar-refractivity contribution < 1.29 is 22.1 Å². The minimum Gasteiger partial charge on any atom is -0.330 e. The third-order valence-corrected chi connectivity index (χ3v) is 7.08. The van der Waals surface area contributed by atoms with Crippen LogP contribution in [0.15, 0.2) is 72.1 Å². The minimum atomic E-state index is -3.95. The molecule has 1 aliphatic heterocycles. The van der Waals surface area contributed by atoms with Crippen LogP contribution in [0.2, 0.25) is 5.02 Å². The smallest absolute Gasteiger partial charge is 0.297 e. The summed E-state index contributed by atoms with van der Waals surface area (Å²) in [4.78, 5) is 4.16. The molecular weight excluding hydrogens is 452 g/mol. The summed E-state index contributed by atoms with van der Waals surface area (Å²) in [6.07, 6.45) is 6.08. The van der Waals surface area contributed by atoms with Crippen LogP contribution in [-0.4, -0.2) is 36.8 Å². The molecule has 32 heavy (non-hydrogen) atoms. The van der Waals surface area contributed by atoms with Crippen LogP contribution >= 0.6 is 11.6 Å². The molecule has 2 atom stereocenters. The summed E-state index contributed by atoms with van der Waals surface area (Å²) in [6, 6.07) is 14.1. The van der Waals surface area contributed by atoms with Gasteiger partial charge in [-0.15, -0.1) is 0 Å². The number of aromatic nitrogens is 2. The Labute approximate surface area is 193 Å². The van der Waals surface area contributed by atoms with Crippen molar-refractivity contribution in [3.63, 3.8) is 0 Å². The van der Waals surface area contributed by atoms with Crippen molar-refractivity contribution >= 4 is 21.7 Å². The van der Waals surface area contributed by atoms with E-state index in [1.54, 1.807) is 42.3 Å². The molecule has 0 aliphatic carbocycles. The molecule has 2 aromatic carbocycles. The molecule has 0 saturated carbocycles. The number of hydrogen-bond acceptors (Lipinski definition) is 6. The fourth-order valence-corrected chi connectivity index (χ4v) is 4.70. The van der Waals surface area contributed by atoms with Crippen LogP contribution < -0.4 is 0 Å². The van der Waals surface area contributed by atoms with Crippen molar-refractivity contribution in [2.24, 2.45) is 0 Å². The topological polar surface area (TPSA) is 79.7 Å². The fourth-order valence-electron chi connectivity index (χ4n) is 3.60. The van der Waals surface area contributed by atoms with Gasteiger partial charge in [0.1, 0.15) is 5.60 Å². The molecule has 0 radical (unpaired) electrons. The Morgan fingerprint density at radius 1 is 1.16 bits per heavy atom. The summed E-state index contributed by atoms with van der Waals surface area (Å²) >= 11 is 5.99. The summed E-state index contributed by atoms with van der Waals surface area (Å²) in [5.41, 5.74) is 1.04. The molecule has 0 bridgehead atoms. The molecule has 1 aliphatic rings. The molecule has 2 heterocycles. The summed E-state index contributed by atoms with van der Waals surface area (Å²) in [5, 5.41) is 0.657. The molecule has 9 heteroatoms. The van der Waals surface area contributed by atoms with Crippen molar-refractivity contribution in [3.05, 3.63) is 83.4 Å². The molecule has 170 valence electrons. The van der Waals surface area contributed by atoms with Crippen LogP contribution in [0, 0.1) is 6.92 Å². The molecule has 0 N–H and O–H groups in total. The second-order valence-corrected chi connectivity index (χ2v) is 10.1. The molecule has 4 rings (SSSR count). The van der Waals surface area contributed by atoms with Gasteiger partial charge in [-0.3, -0.25) is 8.75 Å². The summed E-state index contributed by atoms with van der Waals surface area (Å²) in [5.74, 6) is -1.12. The first-order valence-electron chi connectivity index (χ1n) is 10.2. The maximum atomic E-state index is 12.8. The first-order chi connectivity index (χ1) is 15.2. The van der Waals surface area contributed by atoms with Gasteiger partial charge in [-0.05, 0) is 49.6 Å². The quantitative estimate of drug-likeness (QED) is 0.451. The zero-order valence-electron chi connectivity index (χ0n) is 17.9. The summed E-state index contributed by atoms with van der Waals surface area (Å²) < 4.78 is 45.1. The van der Waals surface area contributed by atoms with Crippen molar-refractivity contribution in [3.8, 4) is 0 Å². The van der Waals surface area contributed by atoms with Gasteiger partial charge < -0.3 is 9.47 Å². The van der Waals surface area contributed by atoms with E-state index in [1.807, 2.05) is 31.2 Å². The largest absolute Gasteiger partial charge is 0.330 e. The van der Waals surface area contributed by atoms with Gasteiger partial charge >= 0.3 is 0 Å². The van der Waals surface area contributed by atoms with Crippen molar-refractivity contribution in [1.82, 2.24) is 9.55 Å². The van der Waals surface area contributed by atoms with E-state index in [0.717, 1.165) is 11.1 Å². The van der Waals surface area contributed by atoms with Crippen LogP contribution in [0.1, 0.15) is 24.5 Å². The van der Waals surface area contributed by atoms with Gasteiger partial charge in [0.15, 0.2) is 0 Å². The highest BCUT2D eigenvalue weighted by Crippen LogP contribution is 2.38. The Hall–Kier alpha value is -2.23. The lowest BCUT2D eigenvalue weighted by Gasteiger charge is -2.31. The molecule has 0 amide bonds. The Morgan fingerprint density at radius 2 is 1.88 bits per heavy atom.